The van der Waals surface area contributed by atoms with Gasteiger partial charge >= 0.3 is 11.9 Å². The van der Waals surface area contributed by atoms with E-state index in [1.165, 1.54) is 0 Å². The number of benzene rings is 3. The maximum absolute atomic E-state index is 12.2. The quantitative estimate of drug-likeness (QED) is 0.0820. The highest BCUT2D eigenvalue weighted by Gasteiger charge is 2.60. The first-order valence-electron chi connectivity index (χ1n) is 20.8. The van der Waals surface area contributed by atoms with Crippen molar-refractivity contribution in [2.45, 2.75) is 107 Å². The lowest BCUT2D eigenvalue weighted by molar-refractivity contribution is -0.422. The predicted molar refractivity (Wildman–Crippen MR) is 214 cm³/mol. The van der Waals surface area contributed by atoms with E-state index in [1.807, 2.05) is 31.2 Å². The first-order chi connectivity index (χ1) is 29.3. The standard InChI is InChI=1S/C44H54N2O15/c1-5-22-9-23(11-25(47)10-22)26-6-7-44(42(52)38(51)35(19-54-37(50)15-36(48)49)58-43(44)55-17-24(45)16-46-4)61-60-33-14-29-32(12-27(26)33)53-18-31-28-13-34-41(57-20-56-34)30(8-21(2)3)39(28)59-40(29)31/h9-14,21,24,26,31,35,38,40,42-43,46-47,51-52H,5-8,15-20,45H2,1-4H3,(H,48,49). The summed E-state index contributed by atoms with van der Waals surface area (Å²) in [5.41, 5.74) is 9.34. The van der Waals surface area contributed by atoms with Crippen LogP contribution in [0.2, 0.25) is 0 Å². The smallest absolute Gasteiger partial charge is 0.317 e. The Bertz CT molecular complexity index is 2130. The molecule has 5 heterocycles. The number of likely N-dealkylation sites (N-methyl/N-ethyl adjacent to an activating group) is 1. The Morgan fingerprint density at radius 1 is 1.00 bits per heavy atom. The molecule has 0 amide bonds. The minimum absolute atomic E-state index is 0.0155. The average Bonchev–Trinajstić information content (AvgIpc) is 3.85. The number of esters is 1. The zero-order chi connectivity index (χ0) is 43.2. The molecule has 0 saturated carbocycles. The van der Waals surface area contributed by atoms with Crippen LogP contribution in [-0.2, 0) is 41.5 Å². The number of carboxylic acid groups (broad SMARTS) is 1. The number of hydrogen-bond donors (Lipinski definition) is 6. The molecule has 0 aliphatic carbocycles. The van der Waals surface area contributed by atoms with Gasteiger partial charge in [0.1, 0.15) is 54.7 Å². The Morgan fingerprint density at radius 2 is 1.79 bits per heavy atom. The van der Waals surface area contributed by atoms with Crippen molar-refractivity contribution in [3.05, 3.63) is 69.8 Å². The van der Waals surface area contributed by atoms with Crippen molar-refractivity contribution in [2.24, 2.45) is 11.7 Å². The molecule has 9 unspecified atom stereocenters. The summed E-state index contributed by atoms with van der Waals surface area (Å²) in [7, 11) is 1.73. The number of phenolic OH excluding ortho intramolecular Hbond substituents is 1. The molecule has 8 rings (SSSR count). The number of hydrogen-bond acceptors (Lipinski definition) is 16. The fraction of sp³-hybridized carbons (Fsp3) is 0.545. The van der Waals surface area contributed by atoms with E-state index in [4.69, 9.17) is 53.8 Å². The van der Waals surface area contributed by atoms with Crippen molar-refractivity contribution in [2.75, 3.05) is 40.2 Å². The van der Waals surface area contributed by atoms with Gasteiger partial charge in [-0.3, -0.25) is 9.59 Å². The van der Waals surface area contributed by atoms with Crippen molar-refractivity contribution >= 4 is 11.9 Å². The van der Waals surface area contributed by atoms with Crippen LogP contribution >= 0.6 is 0 Å². The molecule has 9 atom stereocenters. The Morgan fingerprint density at radius 3 is 2.54 bits per heavy atom. The summed E-state index contributed by atoms with van der Waals surface area (Å²) in [5.74, 6) is 0.219. The number of carbonyl (C=O) groups excluding carboxylic acids is 1. The van der Waals surface area contributed by atoms with Gasteiger partial charge in [-0.1, -0.05) is 26.8 Å². The molecule has 0 radical (unpaired) electrons. The molecule has 3 aromatic carbocycles. The normalized spacial score (nSPS) is 27.6. The van der Waals surface area contributed by atoms with Crippen LogP contribution in [0.15, 0.2) is 36.4 Å². The topological polar surface area (TPSA) is 236 Å². The first-order valence-corrected chi connectivity index (χ1v) is 20.8. The molecular weight excluding hydrogens is 796 g/mol. The Balaban J connectivity index is 1.19. The third kappa shape index (κ3) is 8.27. The number of aryl methyl sites for hydroxylation is 1. The maximum Gasteiger partial charge on any atom is 0.317 e. The number of nitrogens with one attached hydrogen (secondary N) is 1. The summed E-state index contributed by atoms with van der Waals surface area (Å²) < 4.78 is 42.8. The van der Waals surface area contributed by atoms with E-state index >= 15 is 0 Å². The van der Waals surface area contributed by atoms with Gasteiger partial charge < -0.3 is 69.5 Å². The third-order valence-corrected chi connectivity index (χ3v) is 12.1. The summed E-state index contributed by atoms with van der Waals surface area (Å²) >= 11 is 0. The fourth-order valence-electron chi connectivity index (χ4n) is 9.10. The van der Waals surface area contributed by atoms with Crippen LogP contribution < -0.4 is 34.9 Å². The van der Waals surface area contributed by atoms with Crippen molar-refractivity contribution in [1.29, 1.82) is 0 Å². The van der Waals surface area contributed by atoms with Gasteiger partial charge in [-0.2, -0.15) is 4.89 Å². The summed E-state index contributed by atoms with van der Waals surface area (Å²) in [4.78, 5) is 35.9. The highest BCUT2D eigenvalue weighted by atomic mass is 17.2. The lowest BCUT2D eigenvalue weighted by Crippen LogP contribution is -2.69. The van der Waals surface area contributed by atoms with Gasteiger partial charge in [0.15, 0.2) is 29.1 Å². The van der Waals surface area contributed by atoms with Crippen molar-refractivity contribution < 1.29 is 72.9 Å². The SMILES string of the molecule is CCc1cc(O)cc(C2CCC3(OOc4cc5c(cc42)OCC2c4cc6c(c(CC(C)C)c4OC52)OCO6)C(OCC(N)CNC)OC(COC(=O)CC(=O)O)C(O)C3O)c1. The zero-order valence-corrected chi connectivity index (χ0v) is 34.6. The third-order valence-electron chi connectivity index (χ3n) is 12.1. The number of aliphatic carboxylic acids is 1. The van der Waals surface area contributed by atoms with Gasteiger partial charge in [0.05, 0.1) is 19.1 Å². The van der Waals surface area contributed by atoms with E-state index in [0.717, 1.165) is 28.0 Å². The summed E-state index contributed by atoms with van der Waals surface area (Å²) in [6.07, 6.45) is -6.04. The number of fused-ring (bicyclic) bond motifs is 7. The molecule has 1 fully saturated rings. The van der Waals surface area contributed by atoms with Gasteiger partial charge in [-0.05, 0) is 80.1 Å². The van der Waals surface area contributed by atoms with Crippen LogP contribution in [0.4, 0.5) is 0 Å². The van der Waals surface area contributed by atoms with Crippen LogP contribution in [0.1, 0.15) is 91.4 Å². The minimum Gasteiger partial charge on any atom is -0.508 e. The van der Waals surface area contributed by atoms with Gasteiger partial charge in [0, 0.05) is 40.8 Å². The van der Waals surface area contributed by atoms with E-state index in [1.54, 1.807) is 19.2 Å². The monoisotopic (exact) mass is 850 g/mol. The summed E-state index contributed by atoms with van der Waals surface area (Å²) in [6, 6.07) is 10.6. The minimum atomic E-state index is -1.90. The molecular formula is C44H54N2O15. The van der Waals surface area contributed by atoms with Crippen LogP contribution in [-0.4, -0.2) is 109 Å². The second-order valence-electron chi connectivity index (χ2n) is 16.8. The number of rotatable bonds is 13. The number of aromatic hydroxyl groups is 1. The maximum atomic E-state index is 12.2. The number of aliphatic hydroxyl groups excluding tert-OH is 2. The van der Waals surface area contributed by atoms with Crippen LogP contribution in [0.5, 0.6) is 34.5 Å². The number of phenols is 1. The van der Waals surface area contributed by atoms with Gasteiger partial charge in [0.25, 0.3) is 0 Å². The van der Waals surface area contributed by atoms with Gasteiger partial charge in [-0.15, -0.1) is 0 Å². The van der Waals surface area contributed by atoms with Crippen LogP contribution in [0.25, 0.3) is 0 Å². The van der Waals surface area contributed by atoms with E-state index < -0.39 is 73.2 Å². The second kappa shape index (κ2) is 17.5. The Labute approximate surface area is 352 Å². The Hall–Kier alpha value is -4.88. The zero-order valence-electron chi connectivity index (χ0n) is 34.6. The van der Waals surface area contributed by atoms with Gasteiger partial charge in [0.2, 0.25) is 6.79 Å². The molecule has 17 heteroatoms. The number of ether oxygens (including phenoxy) is 7. The highest BCUT2D eigenvalue weighted by molar-refractivity contribution is 5.90. The van der Waals surface area contributed by atoms with Crippen LogP contribution in [0, 0.1) is 5.92 Å². The average molecular weight is 851 g/mol. The van der Waals surface area contributed by atoms with Crippen LogP contribution in [0.3, 0.4) is 0 Å². The highest BCUT2D eigenvalue weighted by Crippen LogP contribution is 2.58. The van der Waals surface area contributed by atoms with E-state index in [9.17, 15) is 24.9 Å². The summed E-state index contributed by atoms with van der Waals surface area (Å²) in [6.45, 7) is 6.42. The lowest BCUT2D eigenvalue weighted by atomic mass is 9.77. The molecule has 17 nitrogen and oxygen atoms in total. The van der Waals surface area contributed by atoms with Crippen molar-refractivity contribution in [3.8, 4) is 34.5 Å². The van der Waals surface area contributed by atoms with Gasteiger partial charge in [-0.25, -0.2) is 0 Å². The molecule has 1 saturated heterocycles. The lowest BCUT2D eigenvalue weighted by Gasteiger charge is -2.50. The molecule has 330 valence electrons. The molecule has 61 heavy (non-hydrogen) atoms. The first kappa shape index (κ1) is 42.8. The molecule has 0 bridgehead atoms. The van der Waals surface area contributed by atoms with Crippen molar-refractivity contribution in [1.82, 2.24) is 5.32 Å². The molecule has 1 spiro atoms. The molecule has 5 aliphatic rings. The molecule has 7 N–H and O–H groups in total. The molecule has 3 aromatic rings. The number of nitrogens with two attached hydrogens (primary N) is 1. The van der Waals surface area contributed by atoms with Crippen molar-refractivity contribution in [3.63, 3.8) is 0 Å². The Kier molecular flexibility index (Phi) is 12.3. The molecule has 5 aliphatic heterocycles. The predicted octanol–water partition coefficient (Wildman–Crippen LogP) is 3.49. The van der Waals surface area contributed by atoms with E-state index in [0.29, 0.717) is 60.3 Å². The fourth-order valence-corrected chi connectivity index (χ4v) is 9.10. The molecule has 0 aromatic heterocycles. The van der Waals surface area contributed by atoms with E-state index in [-0.39, 0.29) is 43.7 Å². The summed E-state index contributed by atoms with van der Waals surface area (Å²) in [5, 5.41) is 46.6. The van der Waals surface area contributed by atoms with E-state index in [2.05, 4.69) is 19.2 Å². The largest absolute Gasteiger partial charge is 0.508 e. The number of aliphatic hydroxyl groups is 2. The second-order valence-corrected chi connectivity index (χ2v) is 16.8. The number of carboxylic acids is 1. The number of carbonyl (C=O) groups is 2.